The summed E-state index contributed by atoms with van der Waals surface area (Å²) >= 11 is 1.75. The fourth-order valence-electron chi connectivity index (χ4n) is 3.32. The molecule has 5 heteroatoms. The first-order valence-corrected chi connectivity index (χ1v) is 8.91. The first-order valence-electron chi connectivity index (χ1n) is 7.96. The van der Waals surface area contributed by atoms with Crippen LogP contribution in [-0.4, -0.2) is 55.1 Å². The van der Waals surface area contributed by atoms with Gasteiger partial charge in [-0.15, -0.1) is 0 Å². The topological polar surface area (TPSA) is 41.9 Å². The second-order valence-electron chi connectivity index (χ2n) is 6.04. The molecule has 1 aromatic rings. The van der Waals surface area contributed by atoms with E-state index < -0.39 is 6.10 Å². The molecule has 118 valence electrons. The summed E-state index contributed by atoms with van der Waals surface area (Å²) in [5, 5.41) is 14.6. The third-order valence-corrected chi connectivity index (χ3v) is 5.08. The molecule has 0 spiro atoms. The van der Waals surface area contributed by atoms with Crippen LogP contribution in [0.2, 0.25) is 0 Å². The molecule has 21 heavy (non-hydrogen) atoms. The number of β-amino-alcohol motifs (C(OH)–C–C–N with tert-alkyl or cyclic N) is 1. The van der Waals surface area contributed by atoms with Crippen molar-refractivity contribution in [2.75, 3.05) is 32.9 Å². The Bertz CT molecular complexity index is 406. The van der Waals surface area contributed by atoms with E-state index in [1.54, 1.807) is 11.3 Å². The molecule has 1 aromatic heterocycles. The third-order valence-electron chi connectivity index (χ3n) is 4.37. The number of ether oxygens (including phenoxy) is 2. The van der Waals surface area contributed by atoms with Gasteiger partial charge in [0.25, 0.3) is 0 Å². The summed E-state index contributed by atoms with van der Waals surface area (Å²) in [6, 6.07) is 2.68. The molecule has 2 aliphatic rings. The monoisotopic (exact) mass is 311 g/mol. The maximum Gasteiger partial charge on any atom is 0.0900 e. The highest BCUT2D eigenvalue weighted by atomic mass is 32.1. The van der Waals surface area contributed by atoms with Crippen molar-refractivity contribution >= 4 is 11.3 Å². The summed E-state index contributed by atoms with van der Waals surface area (Å²) in [5.74, 6) is 0. The number of aliphatic hydroxyl groups excluding tert-OH is 1. The smallest absolute Gasteiger partial charge is 0.0900 e. The Kier molecular flexibility index (Phi) is 5.66. The Morgan fingerprint density at radius 3 is 3.14 bits per heavy atom. The van der Waals surface area contributed by atoms with Crippen LogP contribution in [-0.2, 0) is 9.47 Å². The normalized spacial score (nSPS) is 28.2. The van der Waals surface area contributed by atoms with Crippen LogP contribution in [0.4, 0.5) is 0 Å². The van der Waals surface area contributed by atoms with E-state index in [9.17, 15) is 5.11 Å². The summed E-state index contributed by atoms with van der Waals surface area (Å²) in [7, 11) is 0. The van der Waals surface area contributed by atoms with Gasteiger partial charge < -0.3 is 14.6 Å². The highest BCUT2D eigenvalue weighted by Crippen LogP contribution is 2.32. The molecule has 0 amide bonds. The number of aliphatic hydroxyl groups is 1. The van der Waals surface area contributed by atoms with Crippen molar-refractivity contribution in [3.05, 3.63) is 22.4 Å². The number of hydrogen-bond acceptors (Lipinski definition) is 5. The number of nitrogens with zero attached hydrogens (tertiary/aromatic N) is 1. The summed E-state index contributed by atoms with van der Waals surface area (Å²) in [5.41, 5.74) is 1.39. The average molecular weight is 311 g/mol. The highest BCUT2D eigenvalue weighted by Gasteiger charge is 2.27. The molecule has 1 N–H and O–H groups in total. The predicted octanol–water partition coefficient (Wildman–Crippen LogP) is 2.44. The Balaban J connectivity index is 1.40. The third kappa shape index (κ3) is 4.27. The van der Waals surface area contributed by atoms with Gasteiger partial charge in [-0.25, -0.2) is 0 Å². The van der Waals surface area contributed by atoms with Gasteiger partial charge in [-0.05, 0) is 54.6 Å². The zero-order valence-electron chi connectivity index (χ0n) is 12.4. The summed E-state index contributed by atoms with van der Waals surface area (Å²) < 4.78 is 11.1. The van der Waals surface area contributed by atoms with Gasteiger partial charge in [0.2, 0.25) is 0 Å². The average Bonchev–Trinajstić information content (AvgIpc) is 3.20. The van der Waals surface area contributed by atoms with Crippen molar-refractivity contribution in [1.29, 1.82) is 0 Å². The van der Waals surface area contributed by atoms with Crippen LogP contribution in [0.1, 0.15) is 37.3 Å². The fraction of sp³-hybridized carbons (Fsp3) is 0.750. The summed E-state index contributed by atoms with van der Waals surface area (Å²) in [4.78, 5) is 2.39. The molecule has 0 saturated carbocycles. The van der Waals surface area contributed by atoms with Crippen molar-refractivity contribution < 1.29 is 14.6 Å². The Hall–Kier alpha value is -0.460. The molecule has 0 radical (unpaired) electrons. The molecule has 3 atom stereocenters. The lowest BCUT2D eigenvalue weighted by Crippen LogP contribution is -2.35. The molecule has 3 heterocycles. The number of hydrogen-bond donors (Lipinski definition) is 1. The van der Waals surface area contributed by atoms with Crippen LogP contribution >= 0.6 is 11.3 Å². The number of likely N-dealkylation sites (tertiary alicyclic amines) is 1. The second kappa shape index (κ2) is 7.70. The molecule has 2 aliphatic heterocycles. The van der Waals surface area contributed by atoms with Crippen molar-refractivity contribution in [1.82, 2.24) is 4.90 Å². The van der Waals surface area contributed by atoms with Gasteiger partial charge in [0.05, 0.1) is 25.4 Å². The molecule has 2 saturated heterocycles. The zero-order valence-corrected chi connectivity index (χ0v) is 13.3. The van der Waals surface area contributed by atoms with Gasteiger partial charge in [0, 0.05) is 19.2 Å². The largest absolute Gasteiger partial charge is 0.389 e. The van der Waals surface area contributed by atoms with E-state index in [0.717, 1.165) is 26.0 Å². The lowest BCUT2D eigenvalue weighted by molar-refractivity contribution is -0.0261. The maximum atomic E-state index is 10.2. The molecule has 2 fully saturated rings. The second-order valence-corrected chi connectivity index (χ2v) is 6.82. The quantitative estimate of drug-likeness (QED) is 0.840. The lowest BCUT2D eigenvalue weighted by atomic mass is 10.1. The van der Waals surface area contributed by atoms with Gasteiger partial charge >= 0.3 is 0 Å². The minimum Gasteiger partial charge on any atom is -0.389 e. The minimum atomic E-state index is -0.411. The van der Waals surface area contributed by atoms with Crippen LogP contribution in [0.3, 0.4) is 0 Å². The van der Waals surface area contributed by atoms with Gasteiger partial charge in [0.1, 0.15) is 0 Å². The molecule has 0 aliphatic carbocycles. The molecule has 4 nitrogen and oxygen atoms in total. The van der Waals surface area contributed by atoms with Gasteiger partial charge in [0.15, 0.2) is 0 Å². The number of thiophene rings is 1. The Morgan fingerprint density at radius 1 is 1.43 bits per heavy atom. The first-order chi connectivity index (χ1) is 10.3. The van der Waals surface area contributed by atoms with Crippen LogP contribution in [0, 0.1) is 0 Å². The molecule has 0 bridgehead atoms. The van der Waals surface area contributed by atoms with Crippen LogP contribution in [0.15, 0.2) is 16.8 Å². The molecular formula is C16H25NO3S. The van der Waals surface area contributed by atoms with E-state index >= 15 is 0 Å². The van der Waals surface area contributed by atoms with Crippen molar-refractivity contribution in [2.24, 2.45) is 0 Å². The fourth-order valence-corrected chi connectivity index (χ4v) is 4.03. The van der Waals surface area contributed by atoms with Crippen molar-refractivity contribution in [3.63, 3.8) is 0 Å². The molecule has 0 aromatic carbocycles. The number of rotatable bonds is 7. The Morgan fingerprint density at radius 2 is 2.38 bits per heavy atom. The van der Waals surface area contributed by atoms with Crippen molar-refractivity contribution in [3.8, 4) is 0 Å². The van der Waals surface area contributed by atoms with E-state index in [-0.39, 0.29) is 6.10 Å². The van der Waals surface area contributed by atoms with E-state index in [2.05, 4.69) is 21.7 Å². The summed E-state index contributed by atoms with van der Waals surface area (Å²) in [6.45, 7) is 3.65. The first kappa shape index (κ1) is 15.4. The standard InChI is InChI=1S/C16H25NO3S/c18-14(10-19-11-15-3-2-7-20-15)9-17-6-1-4-16(17)13-5-8-21-12-13/h5,8,12,14-16,18H,1-4,6-7,9-11H2. The van der Waals surface area contributed by atoms with Crippen LogP contribution in [0.5, 0.6) is 0 Å². The van der Waals surface area contributed by atoms with Gasteiger partial charge in [-0.2, -0.15) is 11.3 Å². The lowest BCUT2D eigenvalue weighted by Gasteiger charge is -2.26. The summed E-state index contributed by atoms with van der Waals surface area (Å²) in [6.07, 6.45) is 4.45. The van der Waals surface area contributed by atoms with Crippen molar-refractivity contribution in [2.45, 2.75) is 43.9 Å². The van der Waals surface area contributed by atoms with Gasteiger partial charge in [-0.1, -0.05) is 0 Å². The minimum absolute atomic E-state index is 0.238. The van der Waals surface area contributed by atoms with Crippen LogP contribution < -0.4 is 0 Å². The van der Waals surface area contributed by atoms with Crippen LogP contribution in [0.25, 0.3) is 0 Å². The predicted molar refractivity (Wildman–Crippen MR) is 83.7 cm³/mol. The van der Waals surface area contributed by atoms with E-state index in [4.69, 9.17) is 9.47 Å². The highest BCUT2D eigenvalue weighted by molar-refractivity contribution is 7.07. The SMILES string of the molecule is OC(COCC1CCCO1)CN1CCCC1c1ccsc1. The van der Waals surface area contributed by atoms with E-state index in [0.29, 0.717) is 25.8 Å². The maximum absolute atomic E-state index is 10.2. The molecular weight excluding hydrogens is 286 g/mol. The van der Waals surface area contributed by atoms with E-state index in [1.165, 1.54) is 18.4 Å². The molecule has 3 rings (SSSR count). The Labute approximate surface area is 130 Å². The molecule has 3 unspecified atom stereocenters. The zero-order chi connectivity index (χ0) is 14.5. The van der Waals surface area contributed by atoms with E-state index in [1.807, 2.05) is 0 Å². The van der Waals surface area contributed by atoms with Gasteiger partial charge in [-0.3, -0.25) is 4.90 Å².